The van der Waals surface area contributed by atoms with Gasteiger partial charge in [0.05, 0.1) is 5.69 Å². The lowest BCUT2D eigenvalue weighted by atomic mass is 10.2. The van der Waals surface area contributed by atoms with Crippen LogP contribution in [0.1, 0.15) is 37.6 Å². The predicted octanol–water partition coefficient (Wildman–Crippen LogP) is 3.00. The maximum atomic E-state index is 4.34. The van der Waals surface area contributed by atoms with Gasteiger partial charge in [-0.15, -0.1) is 0 Å². The number of pyridine rings is 1. The van der Waals surface area contributed by atoms with Gasteiger partial charge in [0, 0.05) is 18.5 Å². The molecule has 0 aliphatic carbocycles. The summed E-state index contributed by atoms with van der Waals surface area (Å²) in [5.41, 5.74) is 2.00. The normalized spacial score (nSPS) is 11.0. The molecule has 1 heterocycles. The summed E-state index contributed by atoms with van der Waals surface area (Å²) < 4.78 is 0. The van der Waals surface area contributed by atoms with Gasteiger partial charge in [0.1, 0.15) is 0 Å². The molecule has 0 aliphatic heterocycles. The van der Waals surface area contributed by atoms with Crippen LogP contribution in [0.3, 0.4) is 0 Å². The SMILES string of the molecule is CCCCCN=Cc1cccc(C)n1. The first-order valence-electron chi connectivity index (χ1n) is 5.26. The Morgan fingerprint density at radius 2 is 2.21 bits per heavy atom. The number of hydrogen-bond donors (Lipinski definition) is 0. The van der Waals surface area contributed by atoms with Crippen molar-refractivity contribution in [3.63, 3.8) is 0 Å². The van der Waals surface area contributed by atoms with Crippen LogP contribution < -0.4 is 0 Å². The fourth-order valence-electron chi connectivity index (χ4n) is 1.25. The van der Waals surface area contributed by atoms with Crippen molar-refractivity contribution in [3.8, 4) is 0 Å². The third-order valence-electron chi connectivity index (χ3n) is 2.02. The summed E-state index contributed by atoms with van der Waals surface area (Å²) in [7, 11) is 0. The molecule has 0 radical (unpaired) electrons. The van der Waals surface area contributed by atoms with Crippen molar-refractivity contribution < 1.29 is 0 Å². The number of aliphatic imine (C=N–C) groups is 1. The predicted molar refractivity (Wildman–Crippen MR) is 61.0 cm³/mol. The standard InChI is InChI=1S/C12H18N2/c1-3-4-5-9-13-10-12-8-6-7-11(2)14-12/h6-8,10H,3-5,9H2,1-2H3. The van der Waals surface area contributed by atoms with Crippen molar-refractivity contribution in [1.82, 2.24) is 4.98 Å². The van der Waals surface area contributed by atoms with E-state index in [1.165, 1.54) is 19.3 Å². The fraction of sp³-hybridized carbons (Fsp3) is 0.500. The van der Waals surface area contributed by atoms with Crippen LogP contribution in [-0.2, 0) is 0 Å². The van der Waals surface area contributed by atoms with Gasteiger partial charge in [0.15, 0.2) is 0 Å². The lowest BCUT2D eigenvalue weighted by Gasteiger charge is -1.95. The molecule has 0 aromatic carbocycles. The average Bonchev–Trinajstić information content (AvgIpc) is 2.18. The molecule has 76 valence electrons. The zero-order valence-electron chi connectivity index (χ0n) is 9.03. The Hall–Kier alpha value is -1.18. The van der Waals surface area contributed by atoms with Crippen LogP contribution in [0.2, 0.25) is 0 Å². The second-order valence-electron chi connectivity index (χ2n) is 3.45. The van der Waals surface area contributed by atoms with Crippen LogP contribution in [0.4, 0.5) is 0 Å². The van der Waals surface area contributed by atoms with Crippen LogP contribution >= 0.6 is 0 Å². The van der Waals surface area contributed by atoms with Crippen LogP contribution in [0, 0.1) is 6.92 Å². The minimum absolute atomic E-state index is 0.920. The highest BCUT2D eigenvalue weighted by Gasteiger charge is 1.89. The number of unbranched alkanes of at least 4 members (excludes halogenated alkanes) is 2. The zero-order chi connectivity index (χ0) is 10.2. The first-order valence-corrected chi connectivity index (χ1v) is 5.26. The summed E-state index contributed by atoms with van der Waals surface area (Å²) in [6, 6.07) is 5.99. The molecule has 0 fully saturated rings. The molecule has 0 saturated carbocycles. The molecule has 1 aromatic heterocycles. The molecule has 0 amide bonds. The van der Waals surface area contributed by atoms with Gasteiger partial charge in [-0.3, -0.25) is 9.98 Å². The molecular formula is C12H18N2. The Kier molecular flexibility index (Phi) is 4.90. The van der Waals surface area contributed by atoms with E-state index < -0.39 is 0 Å². The second-order valence-corrected chi connectivity index (χ2v) is 3.45. The first kappa shape index (κ1) is 10.9. The molecule has 14 heavy (non-hydrogen) atoms. The van der Waals surface area contributed by atoms with E-state index in [1.54, 1.807) is 0 Å². The minimum atomic E-state index is 0.920. The monoisotopic (exact) mass is 190 g/mol. The van der Waals surface area contributed by atoms with E-state index in [0.717, 1.165) is 17.9 Å². The Morgan fingerprint density at radius 1 is 1.36 bits per heavy atom. The molecule has 1 rings (SSSR count). The topological polar surface area (TPSA) is 25.2 Å². The van der Waals surface area contributed by atoms with Crippen molar-refractivity contribution in [3.05, 3.63) is 29.6 Å². The van der Waals surface area contributed by atoms with Crippen molar-refractivity contribution >= 4 is 6.21 Å². The molecule has 0 unspecified atom stereocenters. The highest BCUT2D eigenvalue weighted by molar-refractivity contribution is 5.76. The van der Waals surface area contributed by atoms with Gasteiger partial charge < -0.3 is 0 Å². The molecule has 0 atom stereocenters. The molecule has 0 bridgehead atoms. The highest BCUT2D eigenvalue weighted by Crippen LogP contribution is 1.96. The third kappa shape index (κ3) is 4.17. The molecule has 0 spiro atoms. The largest absolute Gasteiger partial charge is 0.291 e. The molecule has 0 saturated heterocycles. The summed E-state index contributed by atoms with van der Waals surface area (Å²) in [5, 5.41) is 0. The average molecular weight is 190 g/mol. The van der Waals surface area contributed by atoms with Crippen LogP contribution in [0.15, 0.2) is 23.2 Å². The summed E-state index contributed by atoms with van der Waals surface area (Å²) >= 11 is 0. The van der Waals surface area contributed by atoms with Gasteiger partial charge in [0.25, 0.3) is 0 Å². The second kappa shape index (κ2) is 6.30. The van der Waals surface area contributed by atoms with Crippen LogP contribution in [0.5, 0.6) is 0 Å². The van der Waals surface area contributed by atoms with E-state index in [9.17, 15) is 0 Å². The van der Waals surface area contributed by atoms with E-state index in [4.69, 9.17) is 0 Å². The minimum Gasteiger partial charge on any atom is -0.291 e. The smallest absolute Gasteiger partial charge is 0.0811 e. The van der Waals surface area contributed by atoms with Crippen molar-refractivity contribution in [1.29, 1.82) is 0 Å². The number of aromatic nitrogens is 1. The van der Waals surface area contributed by atoms with Gasteiger partial charge in [-0.1, -0.05) is 25.8 Å². The third-order valence-corrected chi connectivity index (χ3v) is 2.02. The summed E-state index contributed by atoms with van der Waals surface area (Å²) in [6.45, 7) is 5.11. The lowest BCUT2D eigenvalue weighted by molar-refractivity contribution is 0.729. The van der Waals surface area contributed by atoms with Crippen LogP contribution in [-0.4, -0.2) is 17.7 Å². The Labute approximate surface area is 86.1 Å². The van der Waals surface area contributed by atoms with Crippen LogP contribution in [0.25, 0.3) is 0 Å². The molecule has 0 aliphatic rings. The van der Waals surface area contributed by atoms with Gasteiger partial charge in [-0.2, -0.15) is 0 Å². The molecule has 1 aromatic rings. The van der Waals surface area contributed by atoms with Crippen molar-refractivity contribution in [2.45, 2.75) is 33.1 Å². The van der Waals surface area contributed by atoms with Gasteiger partial charge in [-0.25, -0.2) is 0 Å². The quantitative estimate of drug-likeness (QED) is 0.517. The van der Waals surface area contributed by atoms with Crippen molar-refractivity contribution in [2.75, 3.05) is 6.54 Å². The summed E-state index contributed by atoms with van der Waals surface area (Å²) in [5.74, 6) is 0. The van der Waals surface area contributed by atoms with Crippen molar-refractivity contribution in [2.24, 2.45) is 4.99 Å². The van der Waals surface area contributed by atoms with E-state index in [0.29, 0.717) is 0 Å². The number of hydrogen-bond acceptors (Lipinski definition) is 2. The summed E-state index contributed by atoms with van der Waals surface area (Å²) in [6.07, 6.45) is 5.55. The molecular weight excluding hydrogens is 172 g/mol. The zero-order valence-corrected chi connectivity index (χ0v) is 9.03. The van der Waals surface area contributed by atoms with E-state index in [-0.39, 0.29) is 0 Å². The molecule has 2 heteroatoms. The van der Waals surface area contributed by atoms with Gasteiger partial charge >= 0.3 is 0 Å². The Morgan fingerprint density at radius 3 is 2.93 bits per heavy atom. The Balaban J connectivity index is 2.36. The Bertz CT molecular complexity index is 292. The maximum Gasteiger partial charge on any atom is 0.0811 e. The number of rotatable bonds is 5. The molecule has 0 N–H and O–H groups in total. The number of nitrogens with zero attached hydrogens (tertiary/aromatic N) is 2. The van der Waals surface area contributed by atoms with Gasteiger partial charge in [0.2, 0.25) is 0 Å². The number of aryl methyl sites for hydroxylation is 1. The molecule has 2 nitrogen and oxygen atoms in total. The van der Waals surface area contributed by atoms with Gasteiger partial charge in [-0.05, 0) is 25.5 Å². The fourth-order valence-corrected chi connectivity index (χ4v) is 1.25. The van der Waals surface area contributed by atoms with E-state index >= 15 is 0 Å². The highest BCUT2D eigenvalue weighted by atomic mass is 14.8. The van der Waals surface area contributed by atoms with E-state index in [2.05, 4.69) is 16.9 Å². The van der Waals surface area contributed by atoms with E-state index in [1.807, 2.05) is 31.3 Å². The maximum absolute atomic E-state index is 4.34. The summed E-state index contributed by atoms with van der Waals surface area (Å²) in [4.78, 5) is 8.67. The first-order chi connectivity index (χ1) is 6.83. The lowest BCUT2D eigenvalue weighted by Crippen LogP contribution is -1.90.